The maximum Gasteiger partial charge on any atom is 0.410 e. The van der Waals surface area contributed by atoms with Crippen LogP contribution >= 0.6 is 15.9 Å². The van der Waals surface area contributed by atoms with E-state index < -0.39 is 0 Å². The number of hydrogen-bond donors (Lipinski definition) is 0. The number of pyridine rings is 1. The number of carbonyl (C=O) groups excluding carboxylic acids is 1. The molecule has 0 radical (unpaired) electrons. The van der Waals surface area contributed by atoms with E-state index in [2.05, 4.69) is 20.9 Å². The fraction of sp³-hybridized carbons (Fsp3) is 0.294. The van der Waals surface area contributed by atoms with Gasteiger partial charge in [0.25, 0.3) is 0 Å². The fourth-order valence-electron chi connectivity index (χ4n) is 2.61. The molecule has 0 N–H and O–H groups in total. The molecule has 2 aromatic rings. The number of halogens is 1. The Labute approximate surface area is 138 Å². The van der Waals surface area contributed by atoms with Gasteiger partial charge in [-0.3, -0.25) is 4.98 Å². The highest BCUT2D eigenvalue weighted by atomic mass is 79.9. The topological polar surface area (TPSA) is 42.4 Å². The number of benzene rings is 1. The van der Waals surface area contributed by atoms with Crippen LogP contribution in [0.3, 0.4) is 0 Å². The van der Waals surface area contributed by atoms with E-state index in [0.29, 0.717) is 13.2 Å². The van der Waals surface area contributed by atoms with Gasteiger partial charge in [-0.15, -0.1) is 0 Å². The van der Waals surface area contributed by atoms with Crippen LogP contribution in [0.5, 0.6) is 0 Å². The highest BCUT2D eigenvalue weighted by Crippen LogP contribution is 2.26. The maximum atomic E-state index is 12.1. The van der Waals surface area contributed by atoms with E-state index in [1.165, 1.54) is 0 Å². The molecular weight excluding hydrogens is 344 g/mol. The van der Waals surface area contributed by atoms with Gasteiger partial charge in [0, 0.05) is 35.4 Å². The van der Waals surface area contributed by atoms with Gasteiger partial charge in [-0.1, -0.05) is 30.3 Å². The summed E-state index contributed by atoms with van der Waals surface area (Å²) in [7, 11) is 0. The van der Waals surface area contributed by atoms with Crippen LogP contribution in [0, 0.1) is 0 Å². The van der Waals surface area contributed by atoms with Crippen LogP contribution in [0.4, 0.5) is 4.79 Å². The van der Waals surface area contributed by atoms with Gasteiger partial charge >= 0.3 is 6.09 Å². The molecule has 22 heavy (non-hydrogen) atoms. The van der Waals surface area contributed by atoms with Gasteiger partial charge in [-0.2, -0.15) is 0 Å². The summed E-state index contributed by atoms with van der Waals surface area (Å²) in [6.07, 6.45) is 2.48. The Hall–Kier alpha value is -1.88. The van der Waals surface area contributed by atoms with Crippen LogP contribution < -0.4 is 0 Å². The summed E-state index contributed by atoms with van der Waals surface area (Å²) >= 11 is 3.38. The largest absolute Gasteiger partial charge is 0.445 e. The van der Waals surface area contributed by atoms with Crippen molar-refractivity contribution < 1.29 is 9.53 Å². The lowest BCUT2D eigenvalue weighted by molar-refractivity contribution is 0.104. The predicted molar refractivity (Wildman–Crippen MR) is 87.5 cm³/mol. The van der Waals surface area contributed by atoms with Gasteiger partial charge in [0.05, 0.1) is 0 Å². The van der Waals surface area contributed by atoms with Crippen molar-refractivity contribution in [2.24, 2.45) is 0 Å². The van der Waals surface area contributed by atoms with E-state index >= 15 is 0 Å². The molecule has 5 heteroatoms. The van der Waals surface area contributed by atoms with Crippen LogP contribution in [-0.4, -0.2) is 29.1 Å². The lowest BCUT2D eigenvalue weighted by atomic mass is 10.0. The molecule has 4 nitrogen and oxygen atoms in total. The number of hydrogen-bond acceptors (Lipinski definition) is 3. The lowest BCUT2D eigenvalue weighted by Gasteiger charge is -2.16. The van der Waals surface area contributed by atoms with E-state index in [9.17, 15) is 4.79 Å². The minimum Gasteiger partial charge on any atom is -0.445 e. The van der Waals surface area contributed by atoms with Gasteiger partial charge in [0.1, 0.15) is 6.61 Å². The van der Waals surface area contributed by atoms with Crippen LogP contribution in [0.15, 0.2) is 53.1 Å². The maximum absolute atomic E-state index is 12.1. The number of aromatic nitrogens is 1. The molecule has 0 spiro atoms. The highest BCUT2D eigenvalue weighted by molar-refractivity contribution is 9.10. The smallest absolute Gasteiger partial charge is 0.410 e. The van der Waals surface area contributed by atoms with Crippen molar-refractivity contribution in [3.63, 3.8) is 0 Å². The first kappa shape index (κ1) is 15.0. The van der Waals surface area contributed by atoms with Gasteiger partial charge in [0.15, 0.2) is 0 Å². The van der Waals surface area contributed by atoms with Crippen molar-refractivity contribution in [1.29, 1.82) is 0 Å². The summed E-state index contributed by atoms with van der Waals surface area (Å²) in [5.41, 5.74) is 2.03. The third kappa shape index (κ3) is 3.65. The lowest BCUT2D eigenvalue weighted by Crippen LogP contribution is -2.29. The number of nitrogens with zero attached hydrogens (tertiary/aromatic N) is 2. The summed E-state index contributed by atoms with van der Waals surface area (Å²) in [5, 5.41) is 0. The van der Waals surface area contributed by atoms with Crippen molar-refractivity contribution in [1.82, 2.24) is 9.88 Å². The molecule has 3 rings (SSSR count). The molecule has 0 saturated carbocycles. The Bertz CT molecular complexity index is 631. The highest BCUT2D eigenvalue weighted by Gasteiger charge is 2.29. The third-order valence-electron chi connectivity index (χ3n) is 3.82. The van der Waals surface area contributed by atoms with Crippen LogP contribution in [-0.2, 0) is 11.3 Å². The first-order valence-electron chi connectivity index (χ1n) is 7.29. The SMILES string of the molecule is O=C(OCc1ccccc1)N1CCC(c2ccc(Br)cn2)C1. The minimum atomic E-state index is -0.247. The zero-order valence-electron chi connectivity index (χ0n) is 12.1. The van der Waals surface area contributed by atoms with Gasteiger partial charge in [0.2, 0.25) is 0 Å². The normalized spacial score (nSPS) is 17.5. The van der Waals surface area contributed by atoms with Gasteiger partial charge in [-0.25, -0.2) is 4.79 Å². The monoisotopic (exact) mass is 360 g/mol. The number of rotatable bonds is 3. The molecular formula is C17H17BrN2O2. The molecule has 2 heterocycles. The van der Waals surface area contributed by atoms with E-state index in [0.717, 1.165) is 28.7 Å². The second kappa shape index (κ2) is 6.92. The van der Waals surface area contributed by atoms with Crippen molar-refractivity contribution in [3.05, 3.63) is 64.4 Å². The van der Waals surface area contributed by atoms with Crippen molar-refractivity contribution in [2.45, 2.75) is 18.9 Å². The molecule has 1 atom stereocenters. The van der Waals surface area contributed by atoms with E-state index in [1.54, 1.807) is 11.1 Å². The molecule has 0 bridgehead atoms. The second-order valence-corrected chi connectivity index (χ2v) is 6.29. The van der Waals surface area contributed by atoms with Crippen molar-refractivity contribution >= 4 is 22.0 Å². The zero-order chi connectivity index (χ0) is 15.4. The molecule has 1 fully saturated rings. The molecule has 0 aliphatic carbocycles. The Balaban J connectivity index is 1.53. The van der Waals surface area contributed by atoms with Crippen molar-refractivity contribution in [3.8, 4) is 0 Å². The summed E-state index contributed by atoms with van der Waals surface area (Å²) in [6.45, 7) is 1.70. The number of ether oxygens (including phenoxy) is 1. The minimum absolute atomic E-state index is 0.247. The van der Waals surface area contributed by atoms with E-state index in [4.69, 9.17) is 4.74 Å². The van der Waals surface area contributed by atoms with Crippen LogP contribution in [0.25, 0.3) is 0 Å². The molecule has 1 saturated heterocycles. The number of amides is 1. The predicted octanol–water partition coefficient (Wildman–Crippen LogP) is 3.97. The fourth-order valence-corrected chi connectivity index (χ4v) is 2.84. The third-order valence-corrected chi connectivity index (χ3v) is 4.29. The van der Waals surface area contributed by atoms with Gasteiger partial charge < -0.3 is 9.64 Å². The summed E-state index contributed by atoms with van der Waals surface area (Å²) in [4.78, 5) is 18.3. The molecule has 1 unspecified atom stereocenters. The van der Waals surface area contributed by atoms with Crippen LogP contribution in [0.2, 0.25) is 0 Å². The Kier molecular flexibility index (Phi) is 4.73. The first-order chi connectivity index (χ1) is 10.7. The first-order valence-corrected chi connectivity index (χ1v) is 8.09. The van der Waals surface area contributed by atoms with Crippen molar-refractivity contribution in [2.75, 3.05) is 13.1 Å². The Morgan fingerprint density at radius 1 is 1.27 bits per heavy atom. The molecule has 1 amide bonds. The van der Waals surface area contributed by atoms with E-state index in [1.807, 2.05) is 42.5 Å². The quantitative estimate of drug-likeness (QED) is 0.831. The second-order valence-electron chi connectivity index (χ2n) is 5.37. The Morgan fingerprint density at radius 2 is 2.09 bits per heavy atom. The summed E-state index contributed by atoms with van der Waals surface area (Å²) in [6, 6.07) is 13.7. The standard InChI is InChI=1S/C17H17BrN2O2/c18-15-6-7-16(19-10-15)14-8-9-20(11-14)17(21)22-12-13-4-2-1-3-5-13/h1-7,10,14H,8-9,11-12H2. The summed E-state index contributed by atoms with van der Waals surface area (Å²) < 4.78 is 6.34. The molecule has 1 aromatic heterocycles. The number of carbonyl (C=O) groups is 1. The molecule has 1 aliphatic heterocycles. The van der Waals surface area contributed by atoms with Gasteiger partial charge in [-0.05, 0) is 40.0 Å². The molecule has 1 aromatic carbocycles. The summed E-state index contributed by atoms with van der Waals surface area (Å²) in [5.74, 6) is 0.289. The Morgan fingerprint density at radius 3 is 2.82 bits per heavy atom. The molecule has 114 valence electrons. The average molecular weight is 361 g/mol. The van der Waals surface area contributed by atoms with E-state index in [-0.39, 0.29) is 12.0 Å². The number of likely N-dealkylation sites (tertiary alicyclic amines) is 1. The zero-order valence-corrected chi connectivity index (χ0v) is 13.7. The average Bonchev–Trinajstić information content (AvgIpc) is 3.04. The van der Waals surface area contributed by atoms with Crippen LogP contribution in [0.1, 0.15) is 23.6 Å². The molecule has 1 aliphatic rings.